The summed E-state index contributed by atoms with van der Waals surface area (Å²) in [4.78, 5) is 2.03. The molecule has 0 aromatic heterocycles. The first-order chi connectivity index (χ1) is 8.95. The van der Waals surface area contributed by atoms with Gasteiger partial charge in [-0.15, -0.1) is 0 Å². The monoisotopic (exact) mass is 266 g/mol. The minimum Gasteiger partial charge on any atom is -0.392 e. The van der Waals surface area contributed by atoms with Crippen molar-refractivity contribution in [1.29, 1.82) is 0 Å². The fourth-order valence-corrected chi connectivity index (χ4v) is 2.00. The number of benzene rings is 1. The van der Waals surface area contributed by atoms with E-state index in [1.807, 2.05) is 50.2 Å². The van der Waals surface area contributed by atoms with Gasteiger partial charge in [-0.1, -0.05) is 19.1 Å². The average molecular weight is 266 g/mol. The van der Waals surface area contributed by atoms with Gasteiger partial charge in [-0.2, -0.15) is 0 Å². The maximum Gasteiger partial charge on any atom is 0.0942 e. The fourth-order valence-electron chi connectivity index (χ4n) is 2.00. The lowest BCUT2D eigenvalue weighted by Crippen LogP contribution is -2.38. The zero-order chi connectivity index (χ0) is 14.4. The first-order valence-corrected chi connectivity index (χ1v) is 6.82. The molecule has 0 aliphatic carbocycles. The normalized spacial score (nSPS) is 15.9. The van der Waals surface area contributed by atoms with Gasteiger partial charge in [-0.3, -0.25) is 0 Å². The van der Waals surface area contributed by atoms with Crippen LogP contribution in [-0.4, -0.2) is 43.0 Å². The summed E-state index contributed by atoms with van der Waals surface area (Å²) in [7, 11) is 3.98. The molecule has 4 heteroatoms. The Balaban J connectivity index is 2.70. The Kier molecular flexibility index (Phi) is 6.28. The molecular weight excluding hydrogens is 240 g/mol. The van der Waals surface area contributed by atoms with Gasteiger partial charge in [0.15, 0.2) is 0 Å². The molecule has 0 aliphatic rings. The Morgan fingerprint density at radius 1 is 1.16 bits per heavy atom. The minimum atomic E-state index is -0.556. The lowest BCUT2D eigenvalue weighted by molar-refractivity contribution is 0.112. The van der Waals surface area contributed by atoms with E-state index in [-0.39, 0.29) is 6.04 Å². The lowest BCUT2D eigenvalue weighted by atomic mass is 9.99. The van der Waals surface area contributed by atoms with Crippen LogP contribution in [0.2, 0.25) is 0 Å². The van der Waals surface area contributed by atoms with Crippen LogP contribution in [0.4, 0.5) is 5.69 Å². The second-order valence-electron chi connectivity index (χ2n) is 5.20. The van der Waals surface area contributed by atoms with E-state index in [0.29, 0.717) is 6.54 Å². The van der Waals surface area contributed by atoms with Gasteiger partial charge in [-0.05, 0) is 31.0 Å². The molecule has 3 N–H and O–H groups in total. The van der Waals surface area contributed by atoms with Gasteiger partial charge in [0, 0.05) is 32.4 Å². The van der Waals surface area contributed by atoms with Crippen LogP contribution in [0, 0.1) is 0 Å². The Morgan fingerprint density at radius 2 is 1.74 bits per heavy atom. The highest BCUT2D eigenvalue weighted by atomic mass is 16.3. The molecule has 0 aliphatic heterocycles. The van der Waals surface area contributed by atoms with Crippen molar-refractivity contribution in [3.63, 3.8) is 0 Å². The lowest BCUT2D eigenvalue weighted by Gasteiger charge is -2.24. The molecule has 1 aromatic rings. The van der Waals surface area contributed by atoms with Crippen molar-refractivity contribution in [2.24, 2.45) is 0 Å². The summed E-state index contributed by atoms with van der Waals surface area (Å²) in [6.45, 7) is 4.25. The smallest absolute Gasteiger partial charge is 0.0942 e. The Labute approximate surface area is 116 Å². The molecular formula is C15H26N2O2. The van der Waals surface area contributed by atoms with Crippen molar-refractivity contribution in [2.45, 2.75) is 38.5 Å². The third-order valence-electron chi connectivity index (χ3n) is 3.25. The summed E-state index contributed by atoms with van der Waals surface area (Å²) >= 11 is 0. The van der Waals surface area contributed by atoms with E-state index in [4.69, 9.17) is 0 Å². The first kappa shape index (κ1) is 16.0. The van der Waals surface area contributed by atoms with Crippen LogP contribution in [0.1, 0.15) is 31.9 Å². The highest BCUT2D eigenvalue weighted by Crippen LogP contribution is 2.21. The first-order valence-electron chi connectivity index (χ1n) is 6.82. The summed E-state index contributed by atoms with van der Waals surface area (Å²) in [6.07, 6.45) is -0.152. The van der Waals surface area contributed by atoms with Crippen molar-refractivity contribution in [2.75, 3.05) is 25.5 Å². The molecule has 0 spiro atoms. The van der Waals surface area contributed by atoms with Gasteiger partial charge >= 0.3 is 0 Å². The molecule has 0 saturated heterocycles. The molecule has 0 fully saturated rings. The zero-order valence-corrected chi connectivity index (χ0v) is 12.3. The van der Waals surface area contributed by atoms with Crippen LogP contribution in [0.15, 0.2) is 24.3 Å². The van der Waals surface area contributed by atoms with Gasteiger partial charge in [-0.25, -0.2) is 0 Å². The predicted octanol–water partition coefficient (Wildman–Crippen LogP) is 1.53. The number of aliphatic hydroxyl groups excluding tert-OH is 2. The molecule has 0 bridgehead atoms. The number of rotatable bonds is 7. The SMILES string of the molecule is CCC(NCC(C)O)C(O)c1ccc(N(C)C)cc1. The van der Waals surface area contributed by atoms with Gasteiger partial charge in [0.05, 0.1) is 12.2 Å². The highest BCUT2D eigenvalue weighted by Gasteiger charge is 2.19. The summed E-state index contributed by atoms with van der Waals surface area (Å²) in [6, 6.07) is 7.86. The van der Waals surface area contributed by atoms with Crippen LogP contribution >= 0.6 is 0 Å². The predicted molar refractivity (Wildman–Crippen MR) is 79.5 cm³/mol. The van der Waals surface area contributed by atoms with Crippen molar-refractivity contribution in [3.05, 3.63) is 29.8 Å². The van der Waals surface area contributed by atoms with Gasteiger partial charge < -0.3 is 20.4 Å². The third kappa shape index (κ3) is 4.82. The molecule has 3 atom stereocenters. The molecule has 1 aromatic carbocycles. The summed E-state index contributed by atoms with van der Waals surface area (Å²) in [5.41, 5.74) is 2.01. The molecule has 19 heavy (non-hydrogen) atoms. The number of hydrogen-bond donors (Lipinski definition) is 3. The van der Waals surface area contributed by atoms with Crippen molar-refractivity contribution in [1.82, 2.24) is 5.32 Å². The van der Waals surface area contributed by atoms with Crippen molar-refractivity contribution >= 4 is 5.69 Å². The number of aliphatic hydroxyl groups is 2. The van der Waals surface area contributed by atoms with Crippen LogP contribution in [0.5, 0.6) is 0 Å². The van der Waals surface area contributed by atoms with E-state index in [0.717, 1.165) is 17.7 Å². The molecule has 0 saturated carbocycles. The average Bonchev–Trinajstić information content (AvgIpc) is 2.39. The van der Waals surface area contributed by atoms with Crippen LogP contribution in [0.25, 0.3) is 0 Å². The van der Waals surface area contributed by atoms with E-state index >= 15 is 0 Å². The van der Waals surface area contributed by atoms with E-state index in [1.54, 1.807) is 6.92 Å². The molecule has 3 unspecified atom stereocenters. The Morgan fingerprint density at radius 3 is 2.16 bits per heavy atom. The topological polar surface area (TPSA) is 55.7 Å². The van der Waals surface area contributed by atoms with Gasteiger partial charge in [0.25, 0.3) is 0 Å². The number of nitrogens with one attached hydrogen (secondary N) is 1. The molecule has 4 nitrogen and oxygen atoms in total. The molecule has 108 valence electrons. The zero-order valence-electron chi connectivity index (χ0n) is 12.3. The van der Waals surface area contributed by atoms with Crippen molar-refractivity contribution in [3.8, 4) is 0 Å². The summed E-state index contributed by atoms with van der Waals surface area (Å²) < 4.78 is 0. The summed E-state index contributed by atoms with van der Waals surface area (Å²) in [5, 5.41) is 22.9. The standard InChI is InChI=1S/C15H26N2O2/c1-5-14(16-10-11(2)18)15(19)12-6-8-13(9-7-12)17(3)4/h6-9,11,14-16,18-19H,5,10H2,1-4H3. The Bertz CT molecular complexity index is 363. The maximum absolute atomic E-state index is 10.4. The summed E-state index contributed by atoms with van der Waals surface area (Å²) in [5.74, 6) is 0. The Hall–Kier alpha value is -1.10. The molecule has 0 amide bonds. The second-order valence-corrected chi connectivity index (χ2v) is 5.20. The fraction of sp³-hybridized carbons (Fsp3) is 0.600. The maximum atomic E-state index is 10.4. The molecule has 1 rings (SSSR count). The van der Waals surface area contributed by atoms with E-state index in [1.165, 1.54) is 0 Å². The quantitative estimate of drug-likeness (QED) is 0.700. The number of nitrogens with zero attached hydrogens (tertiary/aromatic N) is 1. The van der Waals surface area contributed by atoms with E-state index in [2.05, 4.69) is 5.32 Å². The second kappa shape index (κ2) is 7.48. The van der Waals surface area contributed by atoms with E-state index < -0.39 is 12.2 Å². The van der Waals surface area contributed by atoms with Gasteiger partial charge in [0.1, 0.15) is 0 Å². The highest BCUT2D eigenvalue weighted by molar-refractivity contribution is 5.46. The third-order valence-corrected chi connectivity index (χ3v) is 3.25. The van der Waals surface area contributed by atoms with Crippen LogP contribution in [-0.2, 0) is 0 Å². The molecule has 0 heterocycles. The van der Waals surface area contributed by atoms with Crippen molar-refractivity contribution < 1.29 is 10.2 Å². The number of hydrogen-bond acceptors (Lipinski definition) is 4. The minimum absolute atomic E-state index is 0.0418. The number of anilines is 1. The molecule has 0 radical (unpaired) electrons. The van der Waals surface area contributed by atoms with Crippen LogP contribution < -0.4 is 10.2 Å². The van der Waals surface area contributed by atoms with E-state index in [9.17, 15) is 10.2 Å². The largest absolute Gasteiger partial charge is 0.392 e. The van der Waals surface area contributed by atoms with Gasteiger partial charge in [0.2, 0.25) is 0 Å². The van der Waals surface area contributed by atoms with Crippen LogP contribution in [0.3, 0.4) is 0 Å².